The normalized spacial score (nSPS) is 14.4. The maximum atomic E-state index is 12.9. The molecule has 0 aliphatic rings. The molecule has 0 fully saturated rings. The smallest absolute Gasteiger partial charge is 0.462 e. The number of carbonyl (C=O) groups excluding carboxylic acids is 3. The second kappa shape index (κ2) is 60.2. The SMILES string of the molecule is CC/C=C\C/C=C\C/C=C\C/C=C\C/C=C\C/C=C\CCC(=O)OCC(COP(=O)(O)OCC(CO)OC(=O)CCCCCCCCC/C=C\C/C=C\C/C=C\CC)OC(=O)CCCCCC/C=C\C/C=C\C/C=C\C/C=C\CC. The Balaban J connectivity index is 4.88. The van der Waals surface area contributed by atoms with E-state index in [-0.39, 0.29) is 19.3 Å². The molecule has 0 spiro atoms. The Bertz CT molecular complexity index is 1950. The number of hydrogen-bond acceptors (Lipinski definition) is 10. The summed E-state index contributed by atoms with van der Waals surface area (Å²) in [5.41, 5.74) is 0. The van der Waals surface area contributed by atoms with Crippen LogP contribution in [0.5, 0.6) is 0 Å². The summed E-state index contributed by atoms with van der Waals surface area (Å²) >= 11 is 0. The number of carbonyl (C=O) groups is 3. The van der Waals surface area contributed by atoms with Gasteiger partial charge in [0.15, 0.2) is 6.10 Å². The van der Waals surface area contributed by atoms with Crippen molar-refractivity contribution in [2.45, 2.75) is 226 Å². The number of unbranched alkanes of at least 4 members (excludes halogenated alkanes) is 11. The molecule has 0 amide bonds. The molecule has 0 radical (unpaired) electrons. The first-order chi connectivity index (χ1) is 39.2. The summed E-state index contributed by atoms with van der Waals surface area (Å²) in [6.07, 6.45) is 79.2. The van der Waals surface area contributed by atoms with Crippen LogP contribution in [-0.4, -0.2) is 66.5 Å². The van der Waals surface area contributed by atoms with Gasteiger partial charge in [-0.15, -0.1) is 0 Å². The Morgan fingerprint density at radius 2 is 0.637 bits per heavy atom. The molecule has 0 saturated carbocycles. The molecule has 0 saturated heterocycles. The van der Waals surface area contributed by atoms with Gasteiger partial charge in [-0.05, 0) is 128 Å². The van der Waals surface area contributed by atoms with Gasteiger partial charge in [-0.1, -0.05) is 224 Å². The fourth-order valence-corrected chi connectivity index (χ4v) is 8.23. The minimum atomic E-state index is -4.79. The molecule has 0 aromatic rings. The molecule has 2 N–H and O–H groups in total. The minimum Gasteiger partial charge on any atom is -0.462 e. The highest BCUT2D eigenvalue weighted by atomic mass is 31.2. The standard InChI is InChI=1S/C68H107O11P/c1-4-7-10-13-16-19-22-25-28-31-32-35-36-39-42-45-48-51-54-57-66(70)75-61-65(79-68(72)59-56-53-50-47-44-41-38-34-30-27-24-21-18-15-12-9-6-3)63-77-80(73,74)76-62-64(60-69)78-67(71)58-55-52-49-46-43-40-37-33-29-26-23-20-17-14-11-8-5-2/h7-12,16-21,25-30,32,35,38-39,41-42,48,51,64-65,69H,4-6,13-15,22-24,31,33-34,36-37,40,43-47,49-50,52-63H2,1-3H3,(H,73,74)/b10-7-,11-8-,12-9-,19-16-,20-17-,21-18-,28-25-,29-26-,30-27-,35-32-,41-38-,42-39-,51-48-. The molecule has 3 unspecified atom stereocenters. The summed E-state index contributed by atoms with van der Waals surface area (Å²) in [5, 5.41) is 9.84. The second-order valence-electron chi connectivity index (χ2n) is 19.4. The summed E-state index contributed by atoms with van der Waals surface area (Å²) < 4.78 is 39.5. The first-order valence-electron chi connectivity index (χ1n) is 30.4. The number of ether oxygens (including phenoxy) is 3. The van der Waals surface area contributed by atoms with Gasteiger partial charge in [0.2, 0.25) is 0 Å². The Morgan fingerprint density at radius 1 is 0.350 bits per heavy atom. The van der Waals surface area contributed by atoms with Gasteiger partial charge in [0.25, 0.3) is 0 Å². The van der Waals surface area contributed by atoms with Gasteiger partial charge in [-0.2, -0.15) is 0 Å². The molecule has 0 aromatic heterocycles. The Hall–Kier alpha value is -4.90. The molecule has 0 aliphatic carbocycles. The van der Waals surface area contributed by atoms with Crippen LogP contribution < -0.4 is 0 Å². The van der Waals surface area contributed by atoms with Crippen molar-refractivity contribution in [3.05, 3.63) is 158 Å². The highest BCUT2D eigenvalue weighted by Crippen LogP contribution is 2.43. The fraction of sp³-hybridized carbons (Fsp3) is 0.574. The van der Waals surface area contributed by atoms with Crippen molar-refractivity contribution >= 4 is 25.7 Å². The van der Waals surface area contributed by atoms with Crippen LogP contribution in [0.1, 0.15) is 213 Å². The number of esters is 3. The van der Waals surface area contributed by atoms with Crippen LogP contribution in [0.3, 0.4) is 0 Å². The lowest BCUT2D eigenvalue weighted by molar-refractivity contribution is -0.161. The summed E-state index contributed by atoms with van der Waals surface area (Å²) in [5.74, 6) is -1.62. The Labute approximate surface area is 485 Å². The van der Waals surface area contributed by atoms with Crippen molar-refractivity contribution in [3.8, 4) is 0 Å². The van der Waals surface area contributed by atoms with Crippen molar-refractivity contribution in [2.75, 3.05) is 26.4 Å². The van der Waals surface area contributed by atoms with E-state index in [2.05, 4.69) is 167 Å². The molecular formula is C68H107O11P. The largest absolute Gasteiger partial charge is 0.472 e. The van der Waals surface area contributed by atoms with E-state index < -0.39 is 64.4 Å². The molecular weight excluding hydrogens is 1020 g/mol. The van der Waals surface area contributed by atoms with E-state index in [9.17, 15) is 28.9 Å². The summed E-state index contributed by atoms with van der Waals surface area (Å²) in [6.45, 7) is 4.17. The lowest BCUT2D eigenvalue weighted by atomic mass is 10.1. The quantitative estimate of drug-likeness (QED) is 0.0197. The van der Waals surface area contributed by atoms with E-state index in [0.29, 0.717) is 19.3 Å². The van der Waals surface area contributed by atoms with E-state index in [0.717, 1.165) is 148 Å². The van der Waals surface area contributed by atoms with E-state index >= 15 is 0 Å². The third kappa shape index (κ3) is 57.8. The van der Waals surface area contributed by atoms with Gasteiger partial charge < -0.3 is 24.2 Å². The van der Waals surface area contributed by atoms with Crippen LogP contribution >= 0.6 is 7.82 Å². The lowest BCUT2D eigenvalue weighted by Crippen LogP contribution is -2.30. The number of aliphatic hydroxyl groups is 1. The van der Waals surface area contributed by atoms with Crippen LogP contribution in [0, 0.1) is 0 Å². The molecule has 80 heavy (non-hydrogen) atoms. The number of aliphatic hydroxyl groups excluding tert-OH is 1. The van der Waals surface area contributed by atoms with Gasteiger partial charge in [0, 0.05) is 19.3 Å². The fourth-order valence-electron chi connectivity index (χ4n) is 7.45. The van der Waals surface area contributed by atoms with Crippen molar-refractivity contribution in [2.24, 2.45) is 0 Å². The molecule has 0 bridgehead atoms. The molecule has 0 rings (SSSR count). The highest BCUT2D eigenvalue weighted by Gasteiger charge is 2.28. The minimum absolute atomic E-state index is 0.0859. The van der Waals surface area contributed by atoms with Gasteiger partial charge in [-0.25, -0.2) is 4.57 Å². The van der Waals surface area contributed by atoms with Crippen LogP contribution in [0.2, 0.25) is 0 Å². The molecule has 0 aliphatic heterocycles. The molecule has 0 aromatic carbocycles. The van der Waals surface area contributed by atoms with Crippen molar-refractivity contribution in [1.29, 1.82) is 0 Å². The number of rotatable bonds is 54. The van der Waals surface area contributed by atoms with Gasteiger partial charge in [0.1, 0.15) is 12.7 Å². The van der Waals surface area contributed by atoms with Gasteiger partial charge in [-0.3, -0.25) is 23.4 Å². The van der Waals surface area contributed by atoms with Crippen LogP contribution in [0.15, 0.2) is 158 Å². The lowest BCUT2D eigenvalue weighted by Gasteiger charge is -2.21. The van der Waals surface area contributed by atoms with E-state index in [1.54, 1.807) is 0 Å². The molecule has 3 atom stereocenters. The van der Waals surface area contributed by atoms with E-state index in [1.165, 1.54) is 6.42 Å². The van der Waals surface area contributed by atoms with Crippen molar-refractivity contribution < 1.29 is 52.2 Å². The van der Waals surface area contributed by atoms with Gasteiger partial charge >= 0.3 is 25.7 Å². The number of hydrogen-bond donors (Lipinski definition) is 2. The predicted octanol–water partition coefficient (Wildman–Crippen LogP) is 18.5. The maximum absolute atomic E-state index is 12.9. The Morgan fingerprint density at radius 3 is 0.988 bits per heavy atom. The molecule has 12 heteroatoms. The average Bonchev–Trinajstić information content (AvgIpc) is 3.45. The highest BCUT2D eigenvalue weighted by molar-refractivity contribution is 7.47. The topological polar surface area (TPSA) is 155 Å². The maximum Gasteiger partial charge on any atom is 0.472 e. The second-order valence-corrected chi connectivity index (χ2v) is 20.8. The van der Waals surface area contributed by atoms with Crippen molar-refractivity contribution in [1.82, 2.24) is 0 Å². The van der Waals surface area contributed by atoms with Crippen LogP contribution in [0.25, 0.3) is 0 Å². The van der Waals surface area contributed by atoms with Crippen molar-refractivity contribution in [3.63, 3.8) is 0 Å². The van der Waals surface area contributed by atoms with E-state index in [4.69, 9.17) is 23.3 Å². The number of allylic oxidation sites excluding steroid dienone is 26. The summed E-state index contributed by atoms with van der Waals surface area (Å²) in [4.78, 5) is 48.7. The predicted molar refractivity (Wildman–Crippen MR) is 334 cm³/mol. The van der Waals surface area contributed by atoms with Gasteiger partial charge in [0.05, 0.1) is 19.8 Å². The molecule has 0 heterocycles. The van der Waals surface area contributed by atoms with Crippen LogP contribution in [0.4, 0.5) is 0 Å². The Kier molecular flexibility index (Phi) is 56.5. The summed E-state index contributed by atoms with van der Waals surface area (Å²) in [6, 6.07) is 0. The number of phosphoric acid groups is 1. The third-order valence-corrected chi connectivity index (χ3v) is 12.9. The zero-order valence-corrected chi connectivity index (χ0v) is 50.6. The average molecular weight is 1130 g/mol. The van der Waals surface area contributed by atoms with Crippen LogP contribution in [-0.2, 0) is 42.2 Å². The monoisotopic (exact) mass is 1130 g/mol. The zero-order chi connectivity index (χ0) is 58.3. The van der Waals surface area contributed by atoms with E-state index in [1.807, 2.05) is 12.2 Å². The first-order valence-corrected chi connectivity index (χ1v) is 31.9. The molecule has 11 nitrogen and oxygen atoms in total. The third-order valence-electron chi connectivity index (χ3n) is 11.9. The number of phosphoric ester groups is 1. The molecule has 450 valence electrons. The zero-order valence-electron chi connectivity index (χ0n) is 49.7. The summed E-state index contributed by atoms with van der Waals surface area (Å²) in [7, 11) is -4.79. The first kappa shape index (κ1) is 75.1.